The van der Waals surface area contributed by atoms with Gasteiger partial charge in [0.15, 0.2) is 0 Å². The Balaban J connectivity index is 0. The first kappa shape index (κ1) is 24.8. The fourth-order valence-electron chi connectivity index (χ4n) is 1.81. The highest BCUT2D eigenvalue weighted by molar-refractivity contribution is 5.99. The molecular formula is C15H18Cl3N5O2. The molecular weight excluding hydrogens is 389 g/mol. The number of nitro groups is 1. The van der Waals surface area contributed by atoms with Crippen LogP contribution in [0.3, 0.4) is 0 Å². The minimum atomic E-state index is -0.451. The number of hydrogen-bond acceptors (Lipinski definition) is 5. The molecule has 0 aliphatic rings. The lowest BCUT2D eigenvalue weighted by Crippen LogP contribution is -2.13. The second kappa shape index (κ2) is 11.1. The summed E-state index contributed by atoms with van der Waals surface area (Å²) in [7, 11) is 0. The van der Waals surface area contributed by atoms with Crippen LogP contribution in [0.15, 0.2) is 53.7 Å². The Labute approximate surface area is 163 Å². The summed E-state index contributed by atoms with van der Waals surface area (Å²) in [5.41, 5.74) is 19.7. The van der Waals surface area contributed by atoms with Gasteiger partial charge in [-0.25, -0.2) is 4.99 Å². The van der Waals surface area contributed by atoms with Crippen LogP contribution in [0.25, 0.3) is 6.08 Å². The van der Waals surface area contributed by atoms with Gasteiger partial charge in [0, 0.05) is 35.3 Å². The lowest BCUT2D eigenvalue weighted by molar-refractivity contribution is -0.384. The van der Waals surface area contributed by atoms with Crippen molar-refractivity contribution in [1.29, 1.82) is 0 Å². The number of nitrogen functional groups attached to an aromatic ring is 2. The molecule has 0 spiro atoms. The number of nitro benzene ring substituents is 1. The number of hydrogen-bond donors (Lipinski definition) is 3. The van der Waals surface area contributed by atoms with Crippen LogP contribution in [-0.4, -0.2) is 10.8 Å². The summed E-state index contributed by atoms with van der Waals surface area (Å²) in [6.45, 7) is 0. The smallest absolute Gasteiger partial charge is 0.269 e. The Hall–Kier alpha value is -2.48. The van der Waals surface area contributed by atoms with Crippen molar-refractivity contribution >= 4 is 66.2 Å². The van der Waals surface area contributed by atoms with Crippen LogP contribution in [0, 0.1) is 10.1 Å². The fraction of sp³-hybridized carbons (Fsp3) is 0. The normalized spacial score (nSPS) is 10.3. The molecule has 25 heavy (non-hydrogen) atoms. The largest absolute Gasteiger partial charge is 0.399 e. The second-order valence-corrected chi connectivity index (χ2v) is 4.57. The van der Waals surface area contributed by atoms with Gasteiger partial charge < -0.3 is 17.2 Å². The SMILES string of the molecule is Cl.Cl.Cl.NC(=N/C=C/c1ccc([N+](=O)[O-])cc1)c1cc(N)cc(N)c1. The van der Waals surface area contributed by atoms with Gasteiger partial charge in [-0.15, -0.1) is 37.2 Å². The van der Waals surface area contributed by atoms with Crippen LogP contribution >= 0.6 is 37.2 Å². The number of nitrogens with zero attached hydrogens (tertiary/aromatic N) is 2. The summed E-state index contributed by atoms with van der Waals surface area (Å²) in [6.07, 6.45) is 3.20. The highest BCUT2D eigenvalue weighted by Crippen LogP contribution is 2.14. The van der Waals surface area contributed by atoms with Crippen molar-refractivity contribution in [3.63, 3.8) is 0 Å². The number of amidine groups is 1. The van der Waals surface area contributed by atoms with E-state index in [1.54, 1.807) is 36.4 Å². The Morgan fingerprint density at radius 1 is 1.00 bits per heavy atom. The zero-order chi connectivity index (χ0) is 16.1. The summed E-state index contributed by atoms with van der Waals surface area (Å²) in [6, 6.07) is 11.1. The monoisotopic (exact) mass is 405 g/mol. The molecule has 0 bridgehead atoms. The van der Waals surface area contributed by atoms with Gasteiger partial charge in [0.05, 0.1) is 4.92 Å². The highest BCUT2D eigenvalue weighted by Gasteiger charge is 2.02. The first-order valence-electron chi connectivity index (χ1n) is 6.36. The molecule has 136 valence electrons. The third-order valence-corrected chi connectivity index (χ3v) is 2.86. The van der Waals surface area contributed by atoms with Crippen molar-refractivity contribution in [3.8, 4) is 0 Å². The van der Waals surface area contributed by atoms with Crippen molar-refractivity contribution in [2.75, 3.05) is 11.5 Å². The molecule has 2 aromatic carbocycles. The quantitative estimate of drug-likeness (QED) is 0.235. The molecule has 2 rings (SSSR count). The van der Waals surface area contributed by atoms with E-state index < -0.39 is 4.92 Å². The van der Waals surface area contributed by atoms with Gasteiger partial charge in [0.1, 0.15) is 5.84 Å². The summed E-state index contributed by atoms with van der Waals surface area (Å²) >= 11 is 0. The number of rotatable bonds is 4. The van der Waals surface area contributed by atoms with Crippen LogP contribution in [0.4, 0.5) is 17.1 Å². The van der Waals surface area contributed by atoms with E-state index in [2.05, 4.69) is 4.99 Å². The molecule has 6 N–H and O–H groups in total. The predicted octanol–water partition coefficient (Wildman–Crippen LogP) is 3.40. The number of benzene rings is 2. The number of nitrogens with two attached hydrogens (primary N) is 3. The van der Waals surface area contributed by atoms with Crippen LogP contribution in [0.2, 0.25) is 0 Å². The first-order valence-corrected chi connectivity index (χ1v) is 6.36. The van der Waals surface area contributed by atoms with Gasteiger partial charge >= 0.3 is 0 Å². The molecule has 0 aromatic heterocycles. The Bertz CT molecular complexity index is 744. The minimum Gasteiger partial charge on any atom is -0.399 e. The molecule has 0 saturated heterocycles. The third kappa shape index (κ3) is 7.30. The molecule has 0 atom stereocenters. The summed E-state index contributed by atoms with van der Waals surface area (Å²) in [4.78, 5) is 14.2. The number of aliphatic imine (C=N–C) groups is 1. The summed E-state index contributed by atoms with van der Waals surface area (Å²) in [5.74, 6) is 0.275. The van der Waals surface area contributed by atoms with Crippen LogP contribution in [-0.2, 0) is 0 Å². The molecule has 0 fully saturated rings. The number of anilines is 2. The van der Waals surface area contributed by atoms with E-state index in [9.17, 15) is 10.1 Å². The van der Waals surface area contributed by atoms with E-state index >= 15 is 0 Å². The lowest BCUT2D eigenvalue weighted by Gasteiger charge is -2.03. The molecule has 0 saturated carbocycles. The van der Waals surface area contributed by atoms with Crippen molar-refractivity contribution in [3.05, 3.63) is 69.9 Å². The van der Waals surface area contributed by atoms with Gasteiger partial charge in [0.2, 0.25) is 0 Å². The van der Waals surface area contributed by atoms with Crippen LogP contribution in [0.5, 0.6) is 0 Å². The molecule has 0 amide bonds. The van der Waals surface area contributed by atoms with Crippen molar-refractivity contribution in [2.24, 2.45) is 10.7 Å². The minimum absolute atomic E-state index is 0. The highest BCUT2D eigenvalue weighted by atomic mass is 35.5. The molecule has 7 nitrogen and oxygen atoms in total. The lowest BCUT2D eigenvalue weighted by atomic mass is 10.1. The van der Waals surface area contributed by atoms with Gasteiger partial charge in [-0.05, 0) is 42.0 Å². The fourth-order valence-corrected chi connectivity index (χ4v) is 1.81. The summed E-state index contributed by atoms with van der Waals surface area (Å²) < 4.78 is 0. The maximum Gasteiger partial charge on any atom is 0.269 e. The Morgan fingerprint density at radius 2 is 1.52 bits per heavy atom. The molecule has 0 aliphatic carbocycles. The van der Waals surface area contributed by atoms with Crippen LogP contribution < -0.4 is 17.2 Å². The van der Waals surface area contributed by atoms with Gasteiger partial charge in [-0.1, -0.05) is 0 Å². The number of non-ortho nitro benzene ring substituents is 1. The average molecular weight is 407 g/mol. The van der Waals surface area contributed by atoms with Crippen molar-refractivity contribution in [2.45, 2.75) is 0 Å². The molecule has 2 aromatic rings. The van der Waals surface area contributed by atoms with E-state index in [4.69, 9.17) is 17.2 Å². The zero-order valence-electron chi connectivity index (χ0n) is 12.9. The predicted molar refractivity (Wildman–Crippen MR) is 110 cm³/mol. The van der Waals surface area contributed by atoms with E-state index in [-0.39, 0.29) is 48.7 Å². The summed E-state index contributed by atoms with van der Waals surface area (Å²) in [5, 5.41) is 10.6. The van der Waals surface area contributed by atoms with E-state index in [0.29, 0.717) is 16.9 Å². The third-order valence-electron chi connectivity index (χ3n) is 2.86. The molecule has 0 heterocycles. The van der Waals surface area contributed by atoms with Gasteiger partial charge in [0.25, 0.3) is 5.69 Å². The molecule has 10 heteroatoms. The first-order chi connectivity index (χ1) is 10.5. The van der Waals surface area contributed by atoms with E-state index in [1.165, 1.54) is 18.3 Å². The maximum atomic E-state index is 10.6. The molecule has 0 aliphatic heterocycles. The van der Waals surface area contributed by atoms with E-state index in [0.717, 1.165) is 5.56 Å². The number of halogens is 3. The topological polar surface area (TPSA) is 134 Å². The Kier molecular flexibility index (Phi) is 11.0. The van der Waals surface area contributed by atoms with Crippen molar-refractivity contribution in [1.82, 2.24) is 0 Å². The standard InChI is InChI=1S/C15H15N5O2.3ClH/c16-12-7-11(8-13(17)9-12)15(18)19-6-5-10-1-3-14(4-2-10)20(21)22;;;/h1-9H,16-17H2,(H2,18,19);3*1H/b6-5+;;;. The van der Waals surface area contributed by atoms with Gasteiger partial charge in [-0.2, -0.15) is 0 Å². The molecule has 0 unspecified atom stereocenters. The maximum absolute atomic E-state index is 10.6. The zero-order valence-corrected chi connectivity index (χ0v) is 15.3. The van der Waals surface area contributed by atoms with Crippen LogP contribution in [0.1, 0.15) is 11.1 Å². The Morgan fingerprint density at radius 3 is 2.00 bits per heavy atom. The average Bonchev–Trinajstić information content (AvgIpc) is 2.46. The molecule has 0 radical (unpaired) electrons. The second-order valence-electron chi connectivity index (χ2n) is 4.57. The van der Waals surface area contributed by atoms with E-state index in [1.807, 2.05) is 0 Å². The van der Waals surface area contributed by atoms with Gasteiger partial charge in [-0.3, -0.25) is 10.1 Å². The van der Waals surface area contributed by atoms with Crippen molar-refractivity contribution < 1.29 is 4.92 Å².